The summed E-state index contributed by atoms with van der Waals surface area (Å²) in [7, 11) is 0. The van der Waals surface area contributed by atoms with Gasteiger partial charge in [-0.05, 0) is 66.4 Å². The van der Waals surface area contributed by atoms with Crippen LogP contribution >= 0.6 is 11.6 Å². The van der Waals surface area contributed by atoms with Crippen molar-refractivity contribution in [2.24, 2.45) is 10.2 Å². The summed E-state index contributed by atoms with van der Waals surface area (Å²) in [5.41, 5.74) is 3.04. The third kappa shape index (κ3) is 6.69. The second-order valence-electron chi connectivity index (χ2n) is 9.69. The molecule has 0 spiro atoms. The van der Waals surface area contributed by atoms with Gasteiger partial charge in [-0.3, -0.25) is 14.4 Å². The highest BCUT2D eigenvalue weighted by Crippen LogP contribution is 2.40. The van der Waals surface area contributed by atoms with Crippen molar-refractivity contribution in [3.05, 3.63) is 119 Å². The molecule has 5 aromatic rings. The summed E-state index contributed by atoms with van der Waals surface area (Å²) in [4.78, 5) is 37.5. The molecule has 10 heteroatoms. The van der Waals surface area contributed by atoms with Gasteiger partial charge in [-0.2, -0.15) is 5.11 Å². The van der Waals surface area contributed by atoms with Gasteiger partial charge in [-0.25, -0.2) is 0 Å². The normalized spacial score (nSPS) is 11.0. The lowest BCUT2D eigenvalue weighted by molar-refractivity contribution is -0.114. The van der Waals surface area contributed by atoms with Crippen LogP contribution in [0.15, 0.2) is 107 Å². The molecule has 0 aliphatic carbocycles. The molecule has 43 heavy (non-hydrogen) atoms. The minimum absolute atomic E-state index is 0.0395. The fraction of sp³-hybridized carbons (Fsp3) is 0.0606. The number of aromatic hydroxyl groups is 1. The van der Waals surface area contributed by atoms with Gasteiger partial charge in [0, 0.05) is 29.2 Å². The van der Waals surface area contributed by atoms with Crippen LogP contribution in [0.4, 0.5) is 28.4 Å². The Hall–Kier alpha value is -5.54. The zero-order valence-corrected chi connectivity index (χ0v) is 23.9. The predicted molar refractivity (Wildman–Crippen MR) is 169 cm³/mol. The molecule has 0 bridgehead atoms. The molecule has 9 nitrogen and oxygen atoms in total. The van der Waals surface area contributed by atoms with Crippen LogP contribution in [0.3, 0.4) is 0 Å². The quantitative estimate of drug-likeness (QED) is 0.141. The second-order valence-corrected chi connectivity index (χ2v) is 10.1. The van der Waals surface area contributed by atoms with Crippen molar-refractivity contribution in [3.63, 3.8) is 0 Å². The number of hydrogen-bond donors (Lipinski definition) is 4. The first-order valence-electron chi connectivity index (χ1n) is 13.2. The summed E-state index contributed by atoms with van der Waals surface area (Å²) in [5.74, 6) is -1.56. The standard InChI is InChI=1S/C33H26ClN5O4/c1-19-12-13-22(32(42)36-23-9-4-3-5-10-23)17-29(19)38-39-30-25-11-7-6-8-21(25)16-26(31(30)41)33(43)37-28-15-14-24(18-27(28)34)35-20(2)40/h3-18,41H,1-2H3,(H,35,40)(H,36,42)(H,37,43). The number of fused-ring (bicyclic) bond motifs is 1. The third-order valence-corrected chi connectivity index (χ3v) is 6.85. The predicted octanol–water partition coefficient (Wildman–Crippen LogP) is 8.39. The van der Waals surface area contributed by atoms with Crippen LogP contribution in [0.1, 0.15) is 33.2 Å². The van der Waals surface area contributed by atoms with E-state index in [2.05, 4.69) is 26.2 Å². The lowest BCUT2D eigenvalue weighted by Crippen LogP contribution is -2.13. The van der Waals surface area contributed by atoms with Crippen molar-refractivity contribution in [1.82, 2.24) is 0 Å². The molecule has 5 aromatic carbocycles. The fourth-order valence-corrected chi connectivity index (χ4v) is 4.59. The number of halogens is 1. The van der Waals surface area contributed by atoms with Crippen LogP contribution in [-0.2, 0) is 4.79 Å². The average Bonchev–Trinajstić information content (AvgIpc) is 2.98. The molecule has 5 rings (SSSR count). The Morgan fingerprint density at radius 2 is 1.49 bits per heavy atom. The number of para-hydroxylation sites is 1. The van der Waals surface area contributed by atoms with Crippen molar-refractivity contribution in [2.45, 2.75) is 13.8 Å². The van der Waals surface area contributed by atoms with Gasteiger partial charge < -0.3 is 21.1 Å². The number of rotatable bonds is 7. The number of azo groups is 1. The first kappa shape index (κ1) is 29.0. The highest BCUT2D eigenvalue weighted by molar-refractivity contribution is 6.34. The largest absolute Gasteiger partial charge is 0.505 e. The van der Waals surface area contributed by atoms with Crippen LogP contribution in [-0.4, -0.2) is 22.8 Å². The van der Waals surface area contributed by atoms with E-state index in [1.807, 2.05) is 25.1 Å². The van der Waals surface area contributed by atoms with E-state index in [-0.39, 0.29) is 39.5 Å². The van der Waals surface area contributed by atoms with Crippen molar-refractivity contribution in [1.29, 1.82) is 0 Å². The smallest absolute Gasteiger partial charge is 0.259 e. The Labute approximate surface area is 252 Å². The first-order valence-corrected chi connectivity index (χ1v) is 13.6. The van der Waals surface area contributed by atoms with Crippen molar-refractivity contribution >= 4 is 68.5 Å². The number of nitrogens with zero attached hydrogens (tertiary/aromatic N) is 2. The molecular weight excluding hydrogens is 566 g/mol. The highest BCUT2D eigenvalue weighted by atomic mass is 35.5. The van der Waals surface area contributed by atoms with Gasteiger partial charge in [-0.1, -0.05) is 60.1 Å². The van der Waals surface area contributed by atoms with E-state index in [0.29, 0.717) is 33.4 Å². The van der Waals surface area contributed by atoms with Gasteiger partial charge in [-0.15, -0.1) is 5.11 Å². The summed E-state index contributed by atoms with van der Waals surface area (Å²) in [6, 6.07) is 27.5. The van der Waals surface area contributed by atoms with Gasteiger partial charge in [0.15, 0.2) is 5.75 Å². The zero-order valence-electron chi connectivity index (χ0n) is 23.2. The Morgan fingerprint density at radius 1 is 0.744 bits per heavy atom. The van der Waals surface area contributed by atoms with Crippen LogP contribution in [0.2, 0.25) is 5.02 Å². The number of carbonyl (C=O) groups is 3. The summed E-state index contributed by atoms with van der Waals surface area (Å²) >= 11 is 6.33. The lowest BCUT2D eigenvalue weighted by Gasteiger charge is -2.13. The third-order valence-electron chi connectivity index (χ3n) is 6.54. The van der Waals surface area contributed by atoms with E-state index < -0.39 is 5.91 Å². The fourth-order valence-electron chi connectivity index (χ4n) is 4.37. The minimum Gasteiger partial charge on any atom is -0.505 e. The number of benzene rings is 5. The van der Waals surface area contributed by atoms with E-state index in [4.69, 9.17) is 11.6 Å². The maximum atomic E-state index is 13.3. The van der Waals surface area contributed by atoms with Gasteiger partial charge >= 0.3 is 0 Å². The van der Waals surface area contributed by atoms with Crippen molar-refractivity contribution in [3.8, 4) is 5.75 Å². The van der Waals surface area contributed by atoms with E-state index >= 15 is 0 Å². The number of anilines is 3. The molecule has 0 aromatic heterocycles. The van der Waals surface area contributed by atoms with E-state index in [1.54, 1.807) is 72.8 Å². The topological polar surface area (TPSA) is 132 Å². The molecule has 214 valence electrons. The summed E-state index contributed by atoms with van der Waals surface area (Å²) in [6.07, 6.45) is 0. The Kier molecular flexibility index (Phi) is 8.45. The number of phenolic OH excluding ortho intramolecular Hbond substituents is 1. The van der Waals surface area contributed by atoms with Crippen molar-refractivity contribution < 1.29 is 19.5 Å². The van der Waals surface area contributed by atoms with Crippen molar-refractivity contribution in [2.75, 3.05) is 16.0 Å². The first-order chi connectivity index (χ1) is 20.7. The zero-order chi connectivity index (χ0) is 30.5. The number of aryl methyl sites for hydroxylation is 1. The molecule has 0 saturated carbocycles. The minimum atomic E-state index is -0.621. The maximum absolute atomic E-state index is 13.3. The molecule has 0 saturated heterocycles. The Morgan fingerprint density at radius 3 is 2.23 bits per heavy atom. The molecule has 0 atom stereocenters. The lowest BCUT2D eigenvalue weighted by atomic mass is 10.0. The molecule has 0 heterocycles. The number of carbonyl (C=O) groups excluding carboxylic acids is 3. The summed E-state index contributed by atoms with van der Waals surface area (Å²) in [5, 5.41) is 29.6. The van der Waals surface area contributed by atoms with E-state index in [0.717, 1.165) is 5.56 Å². The molecule has 0 aliphatic rings. The molecule has 4 N–H and O–H groups in total. The monoisotopic (exact) mass is 591 g/mol. The number of nitrogens with one attached hydrogen (secondary N) is 3. The number of amides is 3. The molecule has 0 fully saturated rings. The molecule has 0 radical (unpaired) electrons. The Balaban J connectivity index is 1.46. The summed E-state index contributed by atoms with van der Waals surface area (Å²) < 4.78 is 0. The van der Waals surface area contributed by atoms with Crippen LogP contribution < -0.4 is 16.0 Å². The number of hydrogen-bond acceptors (Lipinski definition) is 6. The van der Waals surface area contributed by atoms with E-state index in [9.17, 15) is 19.5 Å². The second kappa shape index (κ2) is 12.5. The van der Waals surface area contributed by atoms with Crippen LogP contribution in [0.5, 0.6) is 5.75 Å². The van der Waals surface area contributed by atoms with Gasteiger partial charge in [0.1, 0.15) is 5.69 Å². The Bertz CT molecular complexity index is 1910. The molecular formula is C33H26ClN5O4. The number of phenols is 1. The van der Waals surface area contributed by atoms with Gasteiger partial charge in [0.05, 0.1) is 22.0 Å². The van der Waals surface area contributed by atoms with Gasteiger partial charge in [0.25, 0.3) is 11.8 Å². The highest BCUT2D eigenvalue weighted by Gasteiger charge is 2.20. The summed E-state index contributed by atoms with van der Waals surface area (Å²) in [6.45, 7) is 3.21. The molecule has 0 aliphatic heterocycles. The van der Waals surface area contributed by atoms with E-state index in [1.165, 1.54) is 13.0 Å². The van der Waals surface area contributed by atoms with Crippen LogP contribution in [0, 0.1) is 6.92 Å². The molecule has 3 amide bonds. The van der Waals surface area contributed by atoms with Crippen LogP contribution in [0.25, 0.3) is 10.8 Å². The van der Waals surface area contributed by atoms with Gasteiger partial charge in [0.2, 0.25) is 5.91 Å². The molecule has 0 unspecified atom stereocenters. The maximum Gasteiger partial charge on any atom is 0.259 e. The average molecular weight is 592 g/mol. The SMILES string of the molecule is CC(=O)Nc1ccc(NC(=O)c2cc3ccccc3c(N=Nc3cc(C(=O)Nc4ccccc4)ccc3C)c2O)c(Cl)c1.